The summed E-state index contributed by atoms with van der Waals surface area (Å²) in [6.45, 7) is 1.41. The monoisotopic (exact) mass is 330 g/mol. The SMILES string of the molecule is COc1ccc2c(n1)C1(CC3(CCC4(CC3)OCCO4)C1)C(=O)N2. The number of fused-ring (bicyclic) bond motifs is 2. The Balaban J connectivity index is 1.38. The zero-order valence-electron chi connectivity index (χ0n) is 13.9. The molecule has 3 spiro atoms. The second-order valence-electron chi connectivity index (χ2n) is 7.75. The highest BCUT2D eigenvalue weighted by atomic mass is 16.7. The van der Waals surface area contributed by atoms with E-state index in [4.69, 9.17) is 14.2 Å². The number of anilines is 1. The van der Waals surface area contributed by atoms with Crippen LogP contribution in [-0.2, 0) is 19.7 Å². The molecule has 2 saturated carbocycles. The van der Waals surface area contributed by atoms with Crippen LogP contribution in [0.1, 0.15) is 44.2 Å². The largest absolute Gasteiger partial charge is 0.481 e. The van der Waals surface area contributed by atoms with E-state index >= 15 is 0 Å². The zero-order valence-corrected chi connectivity index (χ0v) is 13.9. The molecule has 1 amide bonds. The lowest BCUT2D eigenvalue weighted by Gasteiger charge is -2.57. The molecule has 3 heterocycles. The van der Waals surface area contributed by atoms with Crippen molar-refractivity contribution in [2.24, 2.45) is 5.41 Å². The van der Waals surface area contributed by atoms with Crippen LogP contribution in [0, 0.1) is 5.41 Å². The molecule has 4 aliphatic rings. The number of hydrogen-bond acceptors (Lipinski definition) is 5. The predicted octanol–water partition coefficient (Wildman–Crippen LogP) is 2.38. The minimum absolute atomic E-state index is 0.0949. The fourth-order valence-electron chi connectivity index (χ4n) is 5.23. The lowest BCUT2D eigenvalue weighted by molar-refractivity contribution is -0.204. The lowest BCUT2D eigenvalue weighted by Crippen LogP contribution is -2.56. The number of ether oxygens (including phenoxy) is 3. The molecule has 0 unspecified atom stereocenters. The molecule has 5 rings (SSSR count). The Labute approximate surface area is 140 Å². The first-order chi connectivity index (χ1) is 11.6. The van der Waals surface area contributed by atoms with E-state index < -0.39 is 5.41 Å². The third-order valence-electron chi connectivity index (χ3n) is 6.45. The van der Waals surface area contributed by atoms with Crippen molar-refractivity contribution in [3.8, 4) is 5.88 Å². The number of carbonyl (C=O) groups is 1. The average Bonchev–Trinajstić information content (AvgIpc) is 3.13. The normalized spacial score (nSPS) is 28.0. The van der Waals surface area contributed by atoms with E-state index in [1.54, 1.807) is 13.2 Å². The van der Waals surface area contributed by atoms with Crippen molar-refractivity contribution in [1.82, 2.24) is 4.98 Å². The molecule has 6 nitrogen and oxygen atoms in total. The number of carbonyl (C=O) groups excluding carboxylic acids is 1. The van der Waals surface area contributed by atoms with Crippen molar-refractivity contribution in [3.63, 3.8) is 0 Å². The number of hydrogen-bond donors (Lipinski definition) is 1. The van der Waals surface area contributed by atoms with Gasteiger partial charge in [-0.1, -0.05) is 0 Å². The Kier molecular flexibility index (Phi) is 2.87. The van der Waals surface area contributed by atoms with E-state index in [1.807, 2.05) is 6.07 Å². The number of nitrogens with one attached hydrogen (secondary N) is 1. The fourth-order valence-corrected chi connectivity index (χ4v) is 5.23. The lowest BCUT2D eigenvalue weighted by atomic mass is 9.47. The molecule has 24 heavy (non-hydrogen) atoms. The first kappa shape index (κ1) is 14.7. The van der Waals surface area contributed by atoms with Gasteiger partial charge in [-0.3, -0.25) is 4.79 Å². The van der Waals surface area contributed by atoms with E-state index in [2.05, 4.69) is 10.3 Å². The maximum atomic E-state index is 12.7. The summed E-state index contributed by atoms with van der Waals surface area (Å²) in [6, 6.07) is 3.70. The molecule has 128 valence electrons. The summed E-state index contributed by atoms with van der Waals surface area (Å²) in [7, 11) is 1.61. The Bertz CT molecular complexity index is 693. The average molecular weight is 330 g/mol. The van der Waals surface area contributed by atoms with E-state index in [1.165, 1.54) is 0 Å². The van der Waals surface area contributed by atoms with Gasteiger partial charge >= 0.3 is 0 Å². The van der Waals surface area contributed by atoms with Gasteiger partial charge in [-0.05, 0) is 37.2 Å². The number of methoxy groups -OCH3 is 1. The van der Waals surface area contributed by atoms with E-state index in [-0.39, 0.29) is 17.1 Å². The van der Waals surface area contributed by atoms with Crippen LogP contribution in [-0.4, -0.2) is 37.0 Å². The first-order valence-electron chi connectivity index (χ1n) is 8.74. The molecular weight excluding hydrogens is 308 g/mol. The maximum absolute atomic E-state index is 12.7. The standard InChI is InChI=1S/C18H22N2O4/c1-22-13-3-2-12-14(20-13)17(15(21)19-12)10-16(11-17)4-6-18(7-5-16)23-8-9-24-18/h2-3H,4-11H2,1H3,(H,19,21). The van der Waals surface area contributed by atoms with Gasteiger partial charge in [0, 0.05) is 18.9 Å². The number of amides is 1. The number of pyridine rings is 1. The van der Waals surface area contributed by atoms with Crippen LogP contribution < -0.4 is 10.1 Å². The number of nitrogens with zero attached hydrogens (tertiary/aromatic N) is 1. The molecule has 1 aromatic rings. The second kappa shape index (κ2) is 4.70. The Morgan fingerprint density at radius 3 is 2.50 bits per heavy atom. The first-order valence-corrected chi connectivity index (χ1v) is 8.74. The van der Waals surface area contributed by atoms with Crippen molar-refractivity contribution in [2.75, 3.05) is 25.6 Å². The molecule has 2 aliphatic heterocycles. The van der Waals surface area contributed by atoms with Gasteiger partial charge in [0.2, 0.25) is 11.8 Å². The van der Waals surface area contributed by atoms with Crippen molar-refractivity contribution < 1.29 is 19.0 Å². The second-order valence-corrected chi connectivity index (χ2v) is 7.75. The van der Waals surface area contributed by atoms with E-state index in [9.17, 15) is 4.79 Å². The topological polar surface area (TPSA) is 69.7 Å². The van der Waals surface area contributed by atoms with Crippen LogP contribution in [0.5, 0.6) is 5.88 Å². The highest BCUT2D eigenvalue weighted by molar-refractivity contribution is 6.06. The van der Waals surface area contributed by atoms with Gasteiger partial charge in [-0.15, -0.1) is 0 Å². The molecule has 0 atom stereocenters. The van der Waals surface area contributed by atoms with Crippen LogP contribution in [0.3, 0.4) is 0 Å². The van der Waals surface area contributed by atoms with Gasteiger partial charge in [-0.25, -0.2) is 4.98 Å². The van der Waals surface area contributed by atoms with Gasteiger partial charge < -0.3 is 19.5 Å². The summed E-state index contributed by atoms with van der Waals surface area (Å²) in [5.74, 6) is 0.323. The molecule has 1 aromatic heterocycles. The summed E-state index contributed by atoms with van der Waals surface area (Å²) in [5, 5.41) is 3.01. The highest BCUT2D eigenvalue weighted by Crippen LogP contribution is 2.65. The van der Waals surface area contributed by atoms with Gasteiger partial charge in [-0.2, -0.15) is 0 Å². The van der Waals surface area contributed by atoms with Crippen molar-refractivity contribution >= 4 is 11.6 Å². The molecule has 0 radical (unpaired) electrons. The Morgan fingerprint density at radius 2 is 1.83 bits per heavy atom. The van der Waals surface area contributed by atoms with Gasteiger partial charge in [0.1, 0.15) is 0 Å². The minimum atomic E-state index is -0.467. The van der Waals surface area contributed by atoms with Crippen LogP contribution in [0.4, 0.5) is 5.69 Å². The van der Waals surface area contributed by atoms with E-state index in [0.717, 1.165) is 49.9 Å². The Hall–Kier alpha value is -1.66. The van der Waals surface area contributed by atoms with Crippen molar-refractivity contribution in [3.05, 3.63) is 17.8 Å². The third kappa shape index (κ3) is 1.84. The summed E-state index contributed by atoms with van der Waals surface area (Å²) >= 11 is 0. The van der Waals surface area contributed by atoms with Crippen LogP contribution in [0.25, 0.3) is 0 Å². The number of aromatic nitrogens is 1. The zero-order chi connectivity index (χ0) is 16.4. The fraction of sp³-hybridized carbons (Fsp3) is 0.667. The van der Waals surface area contributed by atoms with Gasteiger partial charge in [0.05, 0.1) is 37.1 Å². The molecule has 1 N–H and O–H groups in total. The van der Waals surface area contributed by atoms with Crippen LogP contribution >= 0.6 is 0 Å². The van der Waals surface area contributed by atoms with Gasteiger partial charge in [0.15, 0.2) is 5.79 Å². The third-order valence-corrected chi connectivity index (χ3v) is 6.45. The molecule has 2 aliphatic carbocycles. The smallest absolute Gasteiger partial charge is 0.236 e. The molecule has 1 saturated heterocycles. The van der Waals surface area contributed by atoms with Crippen LogP contribution in [0.15, 0.2) is 12.1 Å². The molecule has 6 heteroatoms. The van der Waals surface area contributed by atoms with Gasteiger partial charge in [0.25, 0.3) is 0 Å². The minimum Gasteiger partial charge on any atom is -0.481 e. The Morgan fingerprint density at radius 1 is 1.12 bits per heavy atom. The van der Waals surface area contributed by atoms with Crippen molar-refractivity contribution in [2.45, 2.75) is 49.7 Å². The summed E-state index contributed by atoms with van der Waals surface area (Å²) in [6.07, 6.45) is 5.72. The summed E-state index contributed by atoms with van der Waals surface area (Å²) < 4.78 is 16.9. The molecule has 3 fully saturated rings. The maximum Gasteiger partial charge on any atom is 0.236 e. The van der Waals surface area contributed by atoms with E-state index in [0.29, 0.717) is 19.1 Å². The quantitative estimate of drug-likeness (QED) is 0.856. The summed E-state index contributed by atoms with van der Waals surface area (Å²) in [5.41, 5.74) is 1.47. The summed E-state index contributed by atoms with van der Waals surface area (Å²) in [4.78, 5) is 17.3. The van der Waals surface area contributed by atoms with Crippen molar-refractivity contribution in [1.29, 1.82) is 0 Å². The van der Waals surface area contributed by atoms with Crippen LogP contribution in [0.2, 0.25) is 0 Å². The highest BCUT2D eigenvalue weighted by Gasteiger charge is 2.65. The molecule has 0 bridgehead atoms. The number of rotatable bonds is 1. The molecular formula is C18H22N2O4. The predicted molar refractivity (Wildman–Crippen MR) is 85.9 cm³/mol. The molecule has 0 aromatic carbocycles.